The number of nitrogens with one attached hydrogen (secondary N) is 2. The molecule has 27 heavy (non-hydrogen) atoms. The lowest BCUT2D eigenvalue weighted by Crippen LogP contribution is -2.48. The lowest BCUT2D eigenvalue weighted by Gasteiger charge is -2.37. The van der Waals surface area contributed by atoms with Crippen LogP contribution in [0.3, 0.4) is 0 Å². The van der Waals surface area contributed by atoms with Crippen LogP contribution < -0.4 is 10.6 Å². The Morgan fingerprint density at radius 2 is 2.19 bits per heavy atom. The van der Waals surface area contributed by atoms with Crippen LogP contribution >= 0.6 is 22.7 Å². The monoisotopic (exact) mass is 406 g/mol. The Kier molecular flexibility index (Phi) is 7.70. The number of hydrogen-bond donors (Lipinski definition) is 2. The van der Waals surface area contributed by atoms with Gasteiger partial charge in [-0.25, -0.2) is 0 Å². The molecule has 0 radical (unpaired) electrons. The maximum absolute atomic E-state index is 5.73. The van der Waals surface area contributed by atoms with Crippen molar-refractivity contribution in [1.82, 2.24) is 15.5 Å². The minimum Gasteiger partial charge on any atom is -0.376 e. The highest BCUT2D eigenvalue weighted by Crippen LogP contribution is 2.26. The van der Waals surface area contributed by atoms with Crippen LogP contribution in [0.1, 0.15) is 36.2 Å². The minimum absolute atomic E-state index is 0.283. The van der Waals surface area contributed by atoms with Crippen LogP contribution in [0.15, 0.2) is 39.3 Å². The van der Waals surface area contributed by atoms with Gasteiger partial charge in [0.05, 0.1) is 18.8 Å². The first kappa shape index (κ1) is 20.3. The van der Waals surface area contributed by atoms with Gasteiger partial charge in [-0.2, -0.15) is 11.3 Å². The van der Waals surface area contributed by atoms with Crippen molar-refractivity contribution in [2.75, 3.05) is 39.8 Å². The maximum atomic E-state index is 5.73. The molecule has 2 aromatic rings. The van der Waals surface area contributed by atoms with E-state index in [0.717, 1.165) is 38.7 Å². The first-order valence-corrected chi connectivity index (χ1v) is 11.3. The number of ether oxygens (including phenoxy) is 1. The van der Waals surface area contributed by atoms with Gasteiger partial charge >= 0.3 is 0 Å². The van der Waals surface area contributed by atoms with Gasteiger partial charge in [0.15, 0.2) is 5.96 Å². The van der Waals surface area contributed by atoms with Crippen LogP contribution in [-0.4, -0.2) is 56.8 Å². The van der Waals surface area contributed by atoms with Gasteiger partial charge in [-0.05, 0) is 46.7 Å². The number of rotatable bonds is 7. The third-order valence-electron chi connectivity index (χ3n) is 4.96. The minimum atomic E-state index is 0.283. The third-order valence-corrected chi connectivity index (χ3v) is 6.63. The molecule has 3 rings (SSSR count). The normalized spacial score (nSPS) is 21.0. The molecule has 0 amide bonds. The standard InChI is InChI=1S/C20H30N4OS2/c1-15(17-6-10-26-14-17)11-22-20(21-3)23-12-18(19-5-4-9-27-19)24-7-8-25-16(2)13-24/h4-6,9-10,14-16,18H,7-8,11-13H2,1-3H3,(H2,21,22,23). The van der Waals surface area contributed by atoms with E-state index in [-0.39, 0.29) is 6.10 Å². The molecule has 0 aromatic carbocycles. The highest BCUT2D eigenvalue weighted by Gasteiger charge is 2.26. The molecule has 7 heteroatoms. The van der Waals surface area contributed by atoms with E-state index in [4.69, 9.17) is 4.74 Å². The van der Waals surface area contributed by atoms with E-state index in [9.17, 15) is 0 Å². The number of nitrogens with zero attached hydrogens (tertiary/aromatic N) is 2. The molecule has 148 valence electrons. The Labute approximate surface area is 170 Å². The van der Waals surface area contributed by atoms with E-state index in [1.165, 1.54) is 10.4 Å². The lowest BCUT2D eigenvalue weighted by atomic mass is 10.1. The summed E-state index contributed by atoms with van der Waals surface area (Å²) in [6, 6.07) is 6.89. The topological polar surface area (TPSA) is 48.9 Å². The van der Waals surface area contributed by atoms with Gasteiger partial charge in [0.2, 0.25) is 0 Å². The summed E-state index contributed by atoms with van der Waals surface area (Å²) in [5.74, 6) is 1.32. The van der Waals surface area contributed by atoms with E-state index < -0.39 is 0 Å². The van der Waals surface area contributed by atoms with E-state index in [2.05, 4.69) is 68.7 Å². The first-order chi connectivity index (χ1) is 13.2. The summed E-state index contributed by atoms with van der Waals surface area (Å²) in [4.78, 5) is 8.32. The predicted octanol–water partition coefficient (Wildman–Crippen LogP) is 3.54. The second-order valence-corrected chi connectivity index (χ2v) is 8.76. The number of thiophene rings is 2. The molecule has 1 aliphatic heterocycles. The zero-order valence-corrected chi connectivity index (χ0v) is 18.0. The quantitative estimate of drug-likeness (QED) is 0.545. The number of aliphatic imine (C=N–C) groups is 1. The van der Waals surface area contributed by atoms with Gasteiger partial charge in [0, 0.05) is 38.1 Å². The van der Waals surface area contributed by atoms with Gasteiger partial charge in [-0.3, -0.25) is 9.89 Å². The predicted molar refractivity (Wildman–Crippen MR) is 116 cm³/mol. The number of morpholine rings is 1. The van der Waals surface area contributed by atoms with Gasteiger partial charge in [-0.1, -0.05) is 13.0 Å². The fraction of sp³-hybridized carbons (Fsp3) is 0.550. The van der Waals surface area contributed by atoms with Crippen molar-refractivity contribution in [1.29, 1.82) is 0 Å². The Morgan fingerprint density at radius 1 is 1.33 bits per heavy atom. The number of guanidine groups is 1. The maximum Gasteiger partial charge on any atom is 0.191 e. The molecule has 1 fully saturated rings. The molecule has 0 spiro atoms. The summed E-state index contributed by atoms with van der Waals surface area (Å²) < 4.78 is 5.73. The summed E-state index contributed by atoms with van der Waals surface area (Å²) in [6.45, 7) is 8.83. The summed E-state index contributed by atoms with van der Waals surface area (Å²) in [5, 5.41) is 13.5. The molecule has 0 aliphatic carbocycles. The molecule has 0 bridgehead atoms. The fourth-order valence-electron chi connectivity index (χ4n) is 3.36. The summed E-state index contributed by atoms with van der Waals surface area (Å²) >= 11 is 3.57. The van der Waals surface area contributed by atoms with Crippen LogP contribution in [0, 0.1) is 0 Å². The largest absolute Gasteiger partial charge is 0.376 e. The summed E-state index contributed by atoms with van der Waals surface area (Å²) in [6.07, 6.45) is 0.283. The smallest absolute Gasteiger partial charge is 0.191 e. The molecular weight excluding hydrogens is 376 g/mol. The fourth-order valence-corrected chi connectivity index (χ4v) is 5.00. The zero-order valence-electron chi connectivity index (χ0n) is 16.4. The van der Waals surface area contributed by atoms with Crippen molar-refractivity contribution in [2.24, 2.45) is 4.99 Å². The Hall–Kier alpha value is -1.41. The van der Waals surface area contributed by atoms with Crippen molar-refractivity contribution < 1.29 is 4.74 Å². The van der Waals surface area contributed by atoms with Gasteiger partial charge in [-0.15, -0.1) is 11.3 Å². The van der Waals surface area contributed by atoms with E-state index in [0.29, 0.717) is 12.0 Å². The van der Waals surface area contributed by atoms with Crippen molar-refractivity contribution in [2.45, 2.75) is 31.9 Å². The van der Waals surface area contributed by atoms with Crippen LogP contribution in [0.5, 0.6) is 0 Å². The molecule has 0 saturated carbocycles. The average Bonchev–Trinajstić information content (AvgIpc) is 3.38. The third kappa shape index (κ3) is 5.78. The molecule has 2 aromatic heterocycles. The molecule has 3 atom stereocenters. The molecule has 5 nitrogen and oxygen atoms in total. The highest BCUT2D eigenvalue weighted by atomic mass is 32.1. The molecule has 3 unspecified atom stereocenters. The summed E-state index contributed by atoms with van der Waals surface area (Å²) in [5.41, 5.74) is 1.38. The lowest BCUT2D eigenvalue weighted by molar-refractivity contribution is -0.0334. The van der Waals surface area contributed by atoms with Crippen LogP contribution in [-0.2, 0) is 4.74 Å². The molecule has 2 N–H and O–H groups in total. The second-order valence-electron chi connectivity index (χ2n) is 7.00. The van der Waals surface area contributed by atoms with Gasteiger partial charge in [0.1, 0.15) is 0 Å². The van der Waals surface area contributed by atoms with Crippen LogP contribution in [0.25, 0.3) is 0 Å². The first-order valence-electron chi connectivity index (χ1n) is 9.53. The van der Waals surface area contributed by atoms with Crippen molar-refractivity contribution in [3.8, 4) is 0 Å². The Bertz CT molecular complexity index is 687. The van der Waals surface area contributed by atoms with Gasteiger partial charge < -0.3 is 15.4 Å². The van der Waals surface area contributed by atoms with E-state index in [1.807, 2.05) is 18.4 Å². The molecule has 3 heterocycles. The van der Waals surface area contributed by atoms with E-state index in [1.54, 1.807) is 11.3 Å². The SMILES string of the molecule is CN=C(NCC(C)c1ccsc1)NCC(c1cccs1)N1CCOC(C)C1. The van der Waals surface area contributed by atoms with Crippen LogP contribution in [0.4, 0.5) is 0 Å². The second kappa shape index (κ2) is 10.2. The molecule has 1 aliphatic rings. The van der Waals surface area contributed by atoms with Gasteiger partial charge in [0.25, 0.3) is 0 Å². The zero-order chi connectivity index (χ0) is 19.1. The number of hydrogen-bond acceptors (Lipinski definition) is 5. The average molecular weight is 407 g/mol. The van der Waals surface area contributed by atoms with Crippen molar-refractivity contribution in [3.63, 3.8) is 0 Å². The van der Waals surface area contributed by atoms with E-state index >= 15 is 0 Å². The molecule has 1 saturated heterocycles. The van der Waals surface area contributed by atoms with Crippen molar-refractivity contribution in [3.05, 3.63) is 44.8 Å². The Morgan fingerprint density at radius 3 is 2.85 bits per heavy atom. The summed E-state index contributed by atoms with van der Waals surface area (Å²) in [7, 11) is 1.83. The highest BCUT2D eigenvalue weighted by molar-refractivity contribution is 7.10. The van der Waals surface area contributed by atoms with Crippen molar-refractivity contribution >= 4 is 28.6 Å². The van der Waals surface area contributed by atoms with Crippen LogP contribution in [0.2, 0.25) is 0 Å². The molecular formula is C20H30N4OS2. The Balaban J connectivity index is 1.56.